The molecule has 5 nitrogen and oxygen atoms in total. The molecule has 4 aliphatic rings. The molecule has 1 aromatic rings. The number of rotatable bonds is 4. The Kier molecular flexibility index (Phi) is 4.41. The standard InChI is InChI=1S/C21H29N3O2/c1-13(2)22-20(26)24-18-5-3-17(4-6-18)23-19(25)21-10-14-7-15(11-21)9-16(8-14)12-21/h3-6,13-16H,7-12H2,1-2H3,(H,23,25)(H2,22,24,26). The van der Waals surface area contributed by atoms with E-state index in [0.717, 1.165) is 48.4 Å². The lowest BCUT2D eigenvalue weighted by Gasteiger charge is -2.55. The van der Waals surface area contributed by atoms with Gasteiger partial charge in [0.25, 0.3) is 0 Å². The van der Waals surface area contributed by atoms with E-state index in [1.807, 2.05) is 38.1 Å². The molecule has 5 heteroatoms. The molecule has 4 saturated carbocycles. The molecular weight excluding hydrogens is 326 g/mol. The highest BCUT2D eigenvalue weighted by molar-refractivity contribution is 5.96. The van der Waals surface area contributed by atoms with Gasteiger partial charge in [0.05, 0.1) is 5.41 Å². The molecule has 0 atom stereocenters. The summed E-state index contributed by atoms with van der Waals surface area (Å²) in [4.78, 5) is 24.8. The summed E-state index contributed by atoms with van der Waals surface area (Å²) >= 11 is 0. The van der Waals surface area contributed by atoms with E-state index < -0.39 is 0 Å². The van der Waals surface area contributed by atoms with Gasteiger partial charge in [-0.1, -0.05) is 0 Å². The minimum Gasteiger partial charge on any atom is -0.336 e. The maximum atomic E-state index is 13.1. The highest BCUT2D eigenvalue weighted by Gasteiger charge is 2.54. The average Bonchev–Trinajstić information content (AvgIpc) is 2.54. The fraction of sp³-hybridized carbons (Fsp3) is 0.619. The van der Waals surface area contributed by atoms with Gasteiger partial charge in [-0.15, -0.1) is 0 Å². The van der Waals surface area contributed by atoms with Crippen LogP contribution in [0, 0.1) is 23.2 Å². The van der Waals surface area contributed by atoms with Gasteiger partial charge in [-0.05, 0) is 94.4 Å². The van der Waals surface area contributed by atoms with Crippen molar-refractivity contribution in [3.8, 4) is 0 Å². The third-order valence-corrected chi connectivity index (χ3v) is 6.34. The maximum Gasteiger partial charge on any atom is 0.319 e. The van der Waals surface area contributed by atoms with Crippen molar-refractivity contribution >= 4 is 23.3 Å². The van der Waals surface area contributed by atoms with Crippen LogP contribution in [0.3, 0.4) is 0 Å². The van der Waals surface area contributed by atoms with E-state index in [0.29, 0.717) is 0 Å². The van der Waals surface area contributed by atoms with E-state index in [2.05, 4.69) is 16.0 Å². The third-order valence-electron chi connectivity index (χ3n) is 6.34. The molecule has 0 aliphatic heterocycles. The van der Waals surface area contributed by atoms with Gasteiger partial charge in [-0.2, -0.15) is 0 Å². The van der Waals surface area contributed by atoms with Crippen LogP contribution in [0.2, 0.25) is 0 Å². The molecule has 0 spiro atoms. The quantitative estimate of drug-likeness (QED) is 0.750. The molecule has 0 saturated heterocycles. The predicted molar refractivity (Wildman–Crippen MR) is 103 cm³/mol. The van der Waals surface area contributed by atoms with Gasteiger partial charge in [0.2, 0.25) is 5.91 Å². The molecule has 3 amide bonds. The van der Waals surface area contributed by atoms with E-state index >= 15 is 0 Å². The van der Waals surface area contributed by atoms with Gasteiger partial charge in [-0.25, -0.2) is 4.79 Å². The highest BCUT2D eigenvalue weighted by atomic mass is 16.2. The molecular formula is C21H29N3O2. The average molecular weight is 355 g/mol. The van der Waals surface area contributed by atoms with Crippen LogP contribution in [-0.2, 0) is 4.79 Å². The van der Waals surface area contributed by atoms with Crippen molar-refractivity contribution in [1.82, 2.24) is 5.32 Å². The summed E-state index contributed by atoms with van der Waals surface area (Å²) in [7, 11) is 0. The van der Waals surface area contributed by atoms with E-state index in [1.165, 1.54) is 19.3 Å². The number of amides is 3. The summed E-state index contributed by atoms with van der Waals surface area (Å²) in [5.41, 5.74) is 1.39. The van der Waals surface area contributed by atoms with Crippen molar-refractivity contribution in [3.05, 3.63) is 24.3 Å². The van der Waals surface area contributed by atoms with E-state index in [1.54, 1.807) is 0 Å². The van der Waals surface area contributed by atoms with Crippen molar-refractivity contribution in [2.75, 3.05) is 10.6 Å². The Balaban J connectivity index is 1.38. The molecule has 4 bridgehead atoms. The fourth-order valence-corrected chi connectivity index (χ4v) is 5.72. The Labute approximate surface area is 155 Å². The van der Waals surface area contributed by atoms with Crippen LogP contribution in [0.4, 0.5) is 16.2 Å². The van der Waals surface area contributed by atoms with Crippen molar-refractivity contribution in [3.63, 3.8) is 0 Å². The summed E-state index contributed by atoms with van der Waals surface area (Å²) in [6.07, 6.45) is 7.22. The predicted octanol–water partition coefficient (Wildman–Crippen LogP) is 4.37. The first-order valence-electron chi connectivity index (χ1n) is 9.91. The zero-order chi connectivity index (χ0) is 18.3. The summed E-state index contributed by atoms with van der Waals surface area (Å²) in [6.45, 7) is 3.84. The summed E-state index contributed by atoms with van der Waals surface area (Å²) in [6, 6.07) is 7.26. The van der Waals surface area contributed by atoms with E-state index in [9.17, 15) is 9.59 Å². The second kappa shape index (κ2) is 6.60. The number of carbonyl (C=O) groups excluding carboxylic acids is 2. The molecule has 26 heavy (non-hydrogen) atoms. The molecule has 4 aliphatic carbocycles. The van der Waals surface area contributed by atoms with Crippen LogP contribution in [-0.4, -0.2) is 18.0 Å². The monoisotopic (exact) mass is 355 g/mol. The Bertz CT molecular complexity index is 660. The lowest BCUT2D eigenvalue weighted by atomic mass is 9.49. The Hall–Kier alpha value is -2.04. The SMILES string of the molecule is CC(C)NC(=O)Nc1ccc(NC(=O)C23CC4CC(CC(C4)C2)C3)cc1. The van der Waals surface area contributed by atoms with Crippen LogP contribution in [0.15, 0.2) is 24.3 Å². The van der Waals surface area contributed by atoms with E-state index in [-0.39, 0.29) is 23.4 Å². The first-order chi connectivity index (χ1) is 12.4. The number of benzene rings is 1. The van der Waals surface area contributed by atoms with Crippen LogP contribution < -0.4 is 16.0 Å². The fourth-order valence-electron chi connectivity index (χ4n) is 5.72. The Morgan fingerprint density at radius 1 is 0.885 bits per heavy atom. The van der Waals surface area contributed by atoms with Gasteiger partial charge < -0.3 is 16.0 Å². The van der Waals surface area contributed by atoms with Gasteiger partial charge in [0.1, 0.15) is 0 Å². The lowest BCUT2D eigenvalue weighted by Crippen LogP contribution is -2.51. The Morgan fingerprint density at radius 3 is 1.81 bits per heavy atom. The molecule has 3 N–H and O–H groups in total. The number of urea groups is 1. The van der Waals surface area contributed by atoms with Crippen LogP contribution >= 0.6 is 0 Å². The first kappa shape index (κ1) is 17.4. The second-order valence-electron chi connectivity index (χ2n) is 8.98. The topological polar surface area (TPSA) is 70.2 Å². The van der Waals surface area contributed by atoms with Gasteiger partial charge in [-0.3, -0.25) is 4.79 Å². The molecule has 5 rings (SSSR count). The maximum absolute atomic E-state index is 13.1. The molecule has 0 heterocycles. The van der Waals surface area contributed by atoms with Gasteiger partial charge in [0, 0.05) is 17.4 Å². The van der Waals surface area contributed by atoms with Crippen LogP contribution in [0.25, 0.3) is 0 Å². The molecule has 140 valence electrons. The van der Waals surface area contributed by atoms with Crippen LogP contribution in [0.1, 0.15) is 52.4 Å². The Morgan fingerprint density at radius 2 is 1.35 bits per heavy atom. The zero-order valence-corrected chi connectivity index (χ0v) is 15.7. The minimum atomic E-state index is -0.217. The van der Waals surface area contributed by atoms with E-state index in [4.69, 9.17) is 0 Å². The highest BCUT2D eigenvalue weighted by Crippen LogP contribution is 2.60. The third kappa shape index (κ3) is 3.44. The van der Waals surface area contributed by atoms with Crippen molar-refractivity contribution < 1.29 is 9.59 Å². The number of hydrogen-bond acceptors (Lipinski definition) is 2. The van der Waals surface area contributed by atoms with Crippen molar-refractivity contribution in [2.45, 2.75) is 58.4 Å². The van der Waals surface area contributed by atoms with Gasteiger partial charge in [0.15, 0.2) is 0 Å². The number of hydrogen-bond donors (Lipinski definition) is 3. The largest absolute Gasteiger partial charge is 0.336 e. The number of nitrogens with one attached hydrogen (secondary N) is 3. The molecule has 4 fully saturated rings. The number of carbonyl (C=O) groups is 2. The van der Waals surface area contributed by atoms with Crippen LogP contribution in [0.5, 0.6) is 0 Å². The zero-order valence-electron chi connectivity index (χ0n) is 15.7. The number of anilines is 2. The van der Waals surface area contributed by atoms with Crippen molar-refractivity contribution in [2.24, 2.45) is 23.2 Å². The molecule has 0 radical (unpaired) electrons. The smallest absolute Gasteiger partial charge is 0.319 e. The molecule has 0 aromatic heterocycles. The summed E-state index contributed by atoms with van der Waals surface area (Å²) in [5, 5.41) is 8.74. The lowest BCUT2D eigenvalue weighted by molar-refractivity contribution is -0.140. The van der Waals surface area contributed by atoms with Crippen molar-refractivity contribution in [1.29, 1.82) is 0 Å². The second-order valence-corrected chi connectivity index (χ2v) is 8.98. The minimum absolute atomic E-state index is 0.0915. The summed E-state index contributed by atoms with van der Waals surface area (Å²) < 4.78 is 0. The van der Waals surface area contributed by atoms with Gasteiger partial charge >= 0.3 is 6.03 Å². The molecule has 1 aromatic carbocycles. The molecule has 0 unspecified atom stereocenters. The summed E-state index contributed by atoms with van der Waals surface area (Å²) in [5.74, 6) is 2.49. The first-order valence-corrected chi connectivity index (χ1v) is 9.91. The normalized spacial score (nSPS) is 31.7.